The van der Waals surface area contributed by atoms with E-state index in [1.165, 1.54) is 77.5 Å². The third-order valence-electron chi connectivity index (χ3n) is 5.29. The first kappa shape index (κ1) is 12.2. The molecule has 3 heterocycles. The molecule has 0 aromatic carbocycles. The zero-order valence-corrected chi connectivity index (χ0v) is 12.3. The Hall–Kier alpha value is 0.137. The summed E-state index contributed by atoms with van der Waals surface area (Å²) in [5.41, 5.74) is 0. The van der Waals surface area contributed by atoms with Gasteiger partial charge >= 0.3 is 0 Å². The van der Waals surface area contributed by atoms with Gasteiger partial charge in [0.2, 0.25) is 8.40 Å². The molecule has 0 aromatic rings. The van der Waals surface area contributed by atoms with Gasteiger partial charge in [0.05, 0.1) is 0 Å². The number of hydrogen-bond donors (Lipinski definition) is 0. The molecule has 0 spiro atoms. The van der Waals surface area contributed by atoms with Crippen LogP contribution in [0.2, 0.25) is 12.1 Å². The van der Waals surface area contributed by atoms with Crippen molar-refractivity contribution in [2.75, 3.05) is 26.2 Å². The minimum absolute atomic E-state index is 1.16. The van der Waals surface area contributed by atoms with E-state index in [9.17, 15) is 0 Å². The van der Waals surface area contributed by atoms with Crippen LogP contribution in [-0.4, -0.2) is 43.7 Å². The van der Waals surface area contributed by atoms with Crippen LogP contribution in [0.5, 0.6) is 0 Å². The molecule has 98 valence electrons. The minimum atomic E-state index is -1.16. The Morgan fingerprint density at radius 3 is 1.29 bits per heavy atom. The van der Waals surface area contributed by atoms with E-state index in [0.717, 1.165) is 0 Å². The summed E-state index contributed by atoms with van der Waals surface area (Å²) in [4.78, 5) is 0. The molecule has 2 nitrogen and oxygen atoms in total. The van der Waals surface area contributed by atoms with Gasteiger partial charge < -0.3 is 9.13 Å². The van der Waals surface area contributed by atoms with E-state index in [-0.39, 0.29) is 0 Å². The van der Waals surface area contributed by atoms with Crippen LogP contribution in [0.15, 0.2) is 0 Å². The van der Waals surface area contributed by atoms with Gasteiger partial charge in [-0.15, -0.1) is 0 Å². The summed E-state index contributed by atoms with van der Waals surface area (Å²) in [5, 5.41) is 0. The van der Waals surface area contributed by atoms with Crippen LogP contribution in [0.4, 0.5) is 0 Å². The fourth-order valence-corrected chi connectivity index (χ4v) is 10.2. The summed E-state index contributed by atoms with van der Waals surface area (Å²) in [6.45, 7) is 5.73. The molecule has 0 atom stereocenters. The third kappa shape index (κ3) is 2.34. The van der Waals surface area contributed by atoms with Gasteiger partial charge in [0.1, 0.15) is 0 Å². The lowest BCUT2D eigenvalue weighted by Crippen LogP contribution is -2.66. The Labute approximate surface area is 108 Å². The molecule has 0 saturated carbocycles. The summed E-state index contributed by atoms with van der Waals surface area (Å²) < 4.78 is 6.02. The minimum Gasteiger partial charge on any atom is -0.312 e. The predicted octanol–water partition coefficient (Wildman–Crippen LogP) is 3.19. The van der Waals surface area contributed by atoms with Gasteiger partial charge in [0, 0.05) is 0 Å². The van der Waals surface area contributed by atoms with Crippen molar-refractivity contribution in [1.82, 2.24) is 9.13 Å². The topological polar surface area (TPSA) is 6.48 Å². The Kier molecular flexibility index (Phi) is 3.88. The normalized spacial score (nSPS) is 31.8. The average molecular weight is 252 g/mol. The molecule has 0 radical (unpaired) electrons. The van der Waals surface area contributed by atoms with Crippen molar-refractivity contribution in [3.05, 3.63) is 0 Å². The average Bonchev–Trinajstić information content (AvgIpc) is 2.91. The van der Waals surface area contributed by atoms with Crippen LogP contribution in [0.25, 0.3) is 0 Å². The Morgan fingerprint density at radius 2 is 0.882 bits per heavy atom. The van der Waals surface area contributed by atoms with E-state index >= 15 is 0 Å². The lowest BCUT2D eigenvalue weighted by Gasteiger charge is -2.50. The van der Waals surface area contributed by atoms with E-state index in [4.69, 9.17) is 0 Å². The van der Waals surface area contributed by atoms with Crippen LogP contribution in [0.1, 0.15) is 51.4 Å². The zero-order valence-electron chi connectivity index (χ0n) is 11.3. The molecular weight excluding hydrogens is 224 g/mol. The molecule has 0 unspecified atom stereocenters. The van der Waals surface area contributed by atoms with Crippen LogP contribution in [0.3, 0.4) is 0 Å². The molecular formula is C14H28N2Si. The maximum absolute atomic E-state index is 3.01. The maximum atomic E-state index is 3.01. The van der Waals surface area contributed by atoms with Gasteiger partial charge in [-0.1, -0.05) is 25.7 Å². The monoisotopic (exact) mass is 252 g/mol. The summed E-state index contributed by atoms with van der Waals surface area (Å²) in [5.74, 6) is 0. The van der Waals surface area contributed by atoms with Crippen molar-refractivity contribution in [2.45, 2.75) is 63.5 Å². The van der Waals surface area contributed by atoms with Crippen LogP contribution < -0.4 is 0 Å². The fraction of sp³-hybridized carbons (Fsp3) is 1.00. The highest BCUT2D eigenvalue weighted by atomic mass is 28.3. The first-order valence-electron chi connectivity index (χ1n) is 7.92. The predicted molar refractivity (Wildman–Crippen MR) is 75.5 cm³/mol. The molecule has 3 aliphatic rings. The first-order chi connectivity index (χ1) is 8.42. The van der Waals surface area contributed by atoms with Gasteiger partial charge in [0.25, 0.3) is 0 Å². The van der Waals surface area contributed by atoms with Crippen molar-refractivity contribution in [3.63, 3.8) is 0 Å². The van der Waals surface area contributed by atoms with E-state index in [1.54, 1.807) is 12.1 Å². The molecule has 3 rings (SSSR count). The molecule has 17 heavy (non-hydrogen) atoms. The zero-order chi connectivity index (χ0) is 11.6. The smallest absolute Gasteiger partial charge is 0.206 e. The van der Waals surface area contributed by atoms with E-state index in [2.05, 4.69) is 9.13 Å². The molecule has 3 heteroatoms. The number of rotatable bonds is 2. The molecule has 0 aromatic heterocycles. The van der Waals surface area contributed by atoms with E-state index in [1.807, 2.05) is 0 Å². The number of piperidine rings is 2. The summed E-state index contributed by atoms with van der Waals surface area (Å²) in [6.07, 6.45) is 11.9. The largest absolute Gasteiger partial charge is 0.312 e. The maximum Gasteiger partial charge on any atom is 0.206 e. The van der Waals surface area contributed by atoms with Crippen molar-refractivity contribution in [3.8, 4) is 0 Å². The van der Waals surface area contributed by atoms with Crippen LogP contribution in [-0.2, 0) is 0 Å². The van der Waals surface area contributed by atoms with Gasteiger partial charge in [0.15, 0.2) is 0 Å². The second-order valence-electron chi connectivity index (χ2n) is 6.28. The summed E-state index contributed by atoms with van der Waals surface area (Å²) in [7, 11) is -1.16. The van der Waals surface area contributed by atoms with Crippen molar-refractivity contribution < 1.29 is 0 Å². The highest BCUT2D eigenvalue weighted by Crippen LogP contribution is 2.38. The van der Waals surface area contributed by atoms with Gasteiger partial charge in [-0.2, -0.15) is 0 Å². The molecule has 3 fully saturated rings. The highest BCUT2D eigenvalue weighted by Gasteiger charge is 2.47. The van der Waals surface area contributed by atoms with Crippen LogP contribution >= 0.6 is 0 Å². The van der Waals surface area contributed by atoms with Crippen molar-refractivity contribution in [1.29, 1.82) is 0 Å². The Morgan fingerprint density at radius 1 is 0.471 bits per heavy atom. The second-order valence-corrected chi connectivity index (χ2v) is 10.5. The van der Waals surface area contributed by atoms with E-state index < -0.39 is 8.40 Å². The highest BCUT2D eigenvalue weighted by molar-refractivity contribution is 6.75. The third-order valence-corrected chi connectivity index (χ3v) is 10.9. The fourth-order valence-electron chi connectivity index (χ4n) is 4.39. The van der Waals surface area contributed by atoms with Gasteiger partial charge in [-0.05, 0) is 64.0 Å². The van der Waals surface area contributed by atoms with E-state index in [0.29, 0.717) is 0 Å². The molecule has 0 bridgehead atoms. The summed E-state index contributed by atoms with van der Waals surface area (Å²) >= 11 is 0. The molecule has 3 saturated heterocycles. The van der Waals surface area contributed by atoms with Crippen molar-refractivity contribution in [2.24, 2.45) is 0 Å². The quantitative estimate of drug-likeness (QED) is 0.696. The number of hydrogen-bond acceptors (Lipinski definition) is 2. The van der Waals surface area contributed by atoms with Gasteiger partial charge in [-0.25, -0.2) is 0 Å². The first-order valence-corrected chi connectivity index (χ1v) is 10.2. The number of nitrogens with zero attached hydrogens (tertiary/aromatic N) is 2. The second kappa shape index (κ2) is 5.41. The molecule has 3 aliphatic heterocycles. The lowest BCUT2D eigenvalue weighted by atomic mass is 10.2. The molecule has 0 amide bonds. The van der Waals surface area contributed by atoms with Crippen LogP contribution in [0, 0.1) is 0 Å². The SMILES string of the molecule is C1CCN([Si]2(N3CCCCC3)CCCC2)CC1. The Balaban J connectivity index is 1.75. The standard InChI is InChI=1S/C14H28N2Si/c1-3-9-15(10-4-1)17(13-7-8-14-17)16-11-5-2-6-12-16/h1-14H2. The summed E-state index contributed by atoms with van der Waals surface area (Å²) in [6, 6.07) is 3.18. The van der Waals surface area contributed by atoms with Gasteiger partial charge in [-0.3, -0.25) is 0 Å². The molecule has 0 aliphatic carbocycles. The van der Waals surface area contributed by atoms with Crippen molar-refractivity contribution >= 4 is 8.40 Å². The lowest BCUT2D eigenvalue weighted by molar-refractivity contribution is 0.261. The Bertz CT molecular complexity index is 219. The molecule has 0 N–H and O–H groups in total.